The summed E-state index contributed by atoms with van der Waals surface area (Å²) in [5, 5.41) is 8.19. The number of hydrogen-bond donors (Lipinski definition) is 0. The fourth-order valence-electron chi connectivity index (χ4n) is 2.27. The maximum absolute atomic E-state index is 5.85. The van der Waals surface area contributed by atoms with Gasteiger partial charge in [0.25, 0.3) is 11.8 Å². The number of halogens is 1. The summed E-state index contributed by atoms with van der Waals surface area (Å²) in [6.07, 6.45) is 1.58. The number of aromatic nitrogens is 3. The van der Waals surface area contributed by atoms with Crippen molar-refractivity contribution < 1.29 is 13.9 Å². The van der Waals surface area contributed by atoms with Gasteiger partial charge in [-0.25, -0.2) is 0 Å². The van der Waals surface area contributed by atoms with Gasteiger partial charge >= 0.3 is 0 Å². The first kappa shape index (κ1) is 16.6. The van der Waals surface area contributed by atoms with Crippen molar-refractivity contribution in [2.24, 2.45) is 7.05 Å². The van der Waals surface area contributed by atoms with Gasteiger partial charge in [-0.1, -0.05) is 0 Å². The zero-order chi connectivity index (χ0) is 17.1. The third-order valence-electron chi connectivity index (χ3n) is 3.43. The first-order chi connectivity index (χ1) is 11.6. The van der Waals surface area contributed by atoms with E-state index in [0.29, 0.717) is 24.1 Å². The molecule has 0 fully saturated rings. The molecule has 0 saturated carbocycles. The van der Waals surface area contributed by atoms with E-state index < -0.39 is 0 Å². The van der Waals surface area contributed by atoms with Crippen LogP contribution in [0.4, 0.5) is 0 Å². The lowest BCUT2D eigenvalue weighted by molar-refractivity contribution is 0.189. The van der Waals surface area contributed by atoms with Gasteiger partial charge in [0.05, 0.1) is 6.61 Å². The second-order valence-corrected chi connectivity index (χ2v) is 6.18. The minimum Gasteiger partial charge on any atom is -0.494 e. The molecule has 3 aromatic rings. The summed E-state index contributed by atoms with van der Waals surface area (Å²) in [5.74, 6) is 2.41. The normalized spacial score (nSPS) is 12.2. The Morgan fingerprint density at radius 1 is 1.21 bits per heavy atom. The van der Waals surface area contributed by atoms with Crippen LogP contribution in [0.2, 0.25) is 0 Å². The van der Waals surface area contributed by atoms with E-state index in [4.69, 9.17) is 13.9 Å². The molecule has 0 saturated heterocycles. The second kappa shape index (κ2) is 7.09. The summed E-state index contributed by atoms with van der Waals surface area (Å²) in [6.45, 7) is 4.45. The van der Waals surface area contributed by atoms with E-state index in [9.17, 15) is 0 Å². The van der Waals surface area contributed by atoms with Crippen molar-refractivity contribution >= 4 is 15.9 Å². The molecule has 126 valence electrons. The largest absolute Gasteiger partial charge is 0.494 e. The van der Waals surface area contributed by atoms with Crippen molar-refractivity contribution in [1.82, 2.24) is 14.8 Å². The lowest BCUT2D eigenvalue weighted by Crippen LogP contribution is -2.03. The number of rotatable bonds is 6. The zero-order valence-corrected chi connectivity index (χ0v) is 15.3. The van der Waals surface area contributed by atoms with E-state index in [1.54, 1.807) is 0 Å². The fourth-order valence-corrected chi connectivity index (χ4v) is 2.80. The summed E-state index contributed by atoms with van der Waals surface area (Å²) in [4.78, 5) is 0. The molecule has 1 aromatic carbocycles. The van der Waals surface area contributed by atoms with E-state index in [1.165, 1.54) is 0 Å². The molecule has 0 aliphatic heterocycles. The van der Waals surface area contributed by atoms with Gasteiger partial charge in [-0.05, 0) is 60.1 Å². The number of hydrogen-bond acceptors (Lipinski definition) is 5. The Labute approximate surface area is 148 Å². The van der Waals surface area contributed by atoms with Crippen LogP contribution in [0.5, 0.6) is 11.5 Å². The Kier molecular flexibility index (Phi) is 4.89. The van der Waals surface area contributed by atoms with E-state index >= 15 is 0 Å². The monoisotopic (exact) mass is 391 g/mol. The molecule has 6 nitrogen and oxygen atoms in total. The predicted molar refractivity (Wildman–Crippen MR) is 93.1 cm³/mol. The number of ether oxygens (including phenoxy) is 2. The highest BCUT2D eigenvalue weighted by Gasteiger charge is 2.18. The zero-order valence-electron chi connectivity index (χ0n) is 13.7. The lowest BCUT2D eigenvalue weighted by atomic mass is 10.3. The molecule has 1 unspecified atom stereocenters. The molecular weight excluding hydrogens is 374 g/mol. The molecule has 0 aliphatic carbocycles. The minimum absolute atomic E-state index is 0.354. The van der Waals surface area contributed by atoms with Crippen LogP contribution >= 0.6 is 15.9 Å². The summed E-state index contributed by atoms with van der Waals surface area (Å²) in [7, 11) is 1.92. The van der Waals surface area contributed by atoms with Crippen molar-refractivity contribution in [3.8, 4) is 23.1 Å². The van der Waals surface area contributed by atoms with E-state index in [1.807, 2.05) is 62.0 Å². The average Bonchev–Trinajstić information content (AvgIpc) is 3.16. The Bertz CT molecular complexity index is 811. The quantitative estimate of drug-likeness (QED) is 0.623. The van der Waals surface area contributed by atoms with Crippen LogP contribution in [0.3, 0.4) is 0 Å². The maximum Gasteiger partial charge on any atom is 0.264 e. The smallest absolute Gasteiger partial charge is 0.264 e. The van der Waals surface area contributed by atoms with Crippen molar-refractivity contribution in [2.45, 2.75) is 20.0 Å². The highest BCUT2D eigenvalue weighted by atomic mass is 79.9. The van der Waals surface area contributed by atoms with Gasteiger partial charge in [-0.2, -0.15) is 0 Å². The molecule has 0 amide bonds. The van der Waals surface area contributed by atoms with Gasteiger partial charge in [0.1, 0.15) is 17.2 Å². The van der Waals surface area contributed by atoms with Crippen LogP contribution in [0.25, 0.3) is 11.6 Å². The molecule has 0 aliphatic rings. The SMILES string of the molecule is CCOc1ccc(OC(C)c2nnc(-c3cc(Br)cn3C)o2)cc1. The van der Waals surface area contributed by atoms with Crippen LogP contribution in [-0.4, -0.2) is 21.4 Å². The number of nitrogens with zero attached hydrogens (tertiary/aromatic N) is 3. The van der Waals surface area contributed by atoms with Crippen LogP contribution in [-0.2, 0) is 7.05 Å². The van der Waals surface area contributed by atoms with Crippen LogP contribution < -0.4 is 9.47 Å². The summed E-state index contributed by atoms with van der Waals surface area (Å²) >= 11 is 3.43. The number of benzene rings is 1. The predicted octanol–water partition coefficient (Wildman–Crippen LogP) is 4.38. The van der Waals surface area contributed by atoms with Gasteiger partial charge in [-0.15, -0.1) is 10.2 Å². The van der Waals surface area contributed by atoms with Gasteiger partial charge in [0.15, 0.2) is 6.10 Å². The van der Waals surface area contributed by atoms with E-state index in [-0.39, 0.29) is 6.10 Å². The molecule has 24 heavy (non-hydrogen) atoms. The summed E-state index contributed by atoms with van der Waals surface area (Å²) in [5.41, 5.74) is 0.842. The Balaban J connectivity index is 1.71. The highest BCUT2D eigenvalue weighted by molar-refractivity contribution is 9.10. The fraction of sp³-hybridized carbons (Fsp3) is 0.294. The molecule has 0 spiro atoms. The first-order valence-electron chi connectivity index (χ1n) is 7.62. The topological polar surface area (TPSA) is 62.3 Å². The average molecular weight is 392 g/mol. The molecule has 2 heterocycles. The molecule has 0 radical (unpaired) electrons. The minimum atomic E-state index is -0.354. The molecule has 3 rings (SSSR count). The highest BCUT2D eigenvalue weighted by Crippen LogP contribution is 2.27. The Morgan fingerprint density at radius 3 is 2.54 bits per heavy atom. The van der Waals surface area contributed by atoms with Gasteiger partial charge < -0.3 is 18.5 Å². The lowest BCUT2D eigenvalue weighted by Gasteiger charge is -2.11. The third kappa shape index (κ3) is 3.62. The molecule has 1 atom stereocenters. The molecule has 7 heteroatoms. The third-order valence-corrected chi connectivity index (χ3v) is 3.86. The molecular formula is C17H18BrN3O3. The second-order valence-electron chi connectivity index (χ2n) is 5.26. The van der Waals surface area contributed by atoms with Crippen molar-refractivity contribution in [2.75, 3.05) is 6.61 Å². The van der Waals surface area contributed by atoms with Gasteiger partial charge in [-0.3, -0.25) is 0 Å². The van der Waals surface area contributed by atoms with E-state index in [0.717, 1.165) is 15.9 Å². The molecule has 0 N–H and O–H groups in total. The van der Waals surface area contributed by atoms with Crippen molar-refractivity contribution in [3.05, 3.63) is 46.9 Å². The summed E-state index contributed by atoms with van der Waals surface area (Å²) < 4.78 is 19.9. The van der Waals surface area contributed by atoms with Crippen LogP contribution in [0.15, 0.2) is 45.4 Å². The molecule has 2 aromatic heterocycles. The Morgan fingerprint density at radius 2 is 1.92 bits per heavy atom. The standard InChI is InChI=1S/C17H18BrN3O3/c1-4-22-13-5-7-14(8-6-13)23-11(2)16-19-20-17(24-16)15-9-12(18)10-21(15)3/h5-11H,4H2,1-3H3. The van der Waals surface area contributed by atoms with Crippen LogP contribution in [0, 0.1) is 0 Å². The Hall–Kier alpha value is -2.28. The van der Waals surface area contributed by atoms with E-state index in [2.05, 4.69) is 26.1 Å². The van der Waals surface area contributed by atoms with Crippen molar-refractivity contribution in [1.29, 1.82) is 0 Å². The van der Waals surface area contributed by atoms with Crippen LogP contribution in [0.1, 0.15) is 25.8 Å². The maximum atomic E-state index is 5.85. The molecule has 0 bridgehead atoms. The van der Waals surface area contributed by atoms with Gasteiger partial charge in [0.2, 0.25) is 0 Å². The first-order valence-corrected chi connectivity index (χ1v) is 8.41. The van der Waals surface area contributed by atoms with Crippen molar-refractivity contribution in [3.63, 3.8) is 0 Å². The van der Waals surface area contributed by atoms with Gasteiger partial charge in [0, 0.05) is 17.7 Å². The summed E-state index contributed by atoms with van der Waals surface area (Å²) in [6, 6.07) is 9.37. The number of aryl methyl sites for hydroxylation is 1.